The second-order valence-corrected chi connectivity index (χ2v) is 5.73. The molecule has 2 N–H and O–H groups in total. The Balaban J connectivity index is 1.68. The first kappa shape index (κ1) is 11.3. The van der Waals surface area contributed by atoms with Crippen LogP contribution in [0.15, 0.2) is 24.5 Å². The summed E-state index contributed by atoms with van der Waals surface area (Å²) in [6.07, 6.45) is 2.84. The second kappa shape index (κ2) is 3.83. The van der Waals surface area contributed by atoms with E-state index in [0.717, 1.165) is 17.6 Å². The molecule has 94 valence electrons. The number of nitrogens with zero attached hydrogens (tertiary/aromatic N) is 1. The zero-order valence-corrected chi connectivity index (χ0v) is 10.7. The Kier molecular flexibility index (Phi) is 2.40. The van der Waals surface area contributed by atoms with Gasteiger partial charge in [0.1, 0.15) is 0 Å². The highest BCUT2D eigenvalue weighted by Crippen LogP contribution is 2.50. The molecule has 1 heterocycles. The van der Waals surface area contributed by atoms with Crippen molar-refractivity contribution in [1.82, 2.24) is 15.3 Å². The van der Waals surface area contributed by atoms with Crippen LogP contribution >= 0.6 is 0 Å². The van der Waals surface area contributed by atoms with Crippen LogP contribution in [0.1, 0.15) is 30.6 Å². The zero-order valence-electron chi connectivity index (χ0n) is 10.7. The number of carbonyl (C=O) groups is 1. The fraction of sp³-hybridized carbons (Fsp3) is 0.429. The number of hydrogen-bond acceptors (Lipinski definition) is 2. The minimum atomic E-state index is -0.00537. The molecule has 1 saturated carbocycles. The third kappa shape index (κ3) is 1.98. The molecule has 1 aliphatic carbocycles. The van der Waals surface area contributed by atoms with Crippen molar-refractivity contribution in [3.05, 3.63) is 30.1 Å². The molecule has 1 aromatic carbocycles. The molecule has 0 bridgehead atoms. The molecule has 0 radical (unpaired) electrons. The van der Waals surface area contributed by atoms with Gasteiger partial charge in [0.15, 0.2) is 0 Å². The van der Waals surface area contributed by atoms with Gasteiger partial charge in [-0.25, -0.2) is 4.98 Å². The third-order valence-electron chi connectivity index (χ3n) is 3.91. The molecule has 18 heavy (non-hydrogen) atoms. The number of imidazole rings is 1. The maximum absolute atomic E-state index is 12.0. The molecule has 0 aliphatic heterocycles. The van der Waals surface area contributed by atoms with Gasteiger partial charge in [-0.2, -0.15) is 0 Å². The van der Waals surface area contributed by atoms with Crippen molar-refractivity contribution in [2.75, 3.05) is 6.54 Å². The van der Waals surface area contributed by atoms with Gasteiger partial charge in [-0.05, 0) is 36.0 Å². The van der Waals surface area contributed by atoms with E-state index in [4.69, 9.17) is 0 Å². The average molecular weight is 243 g/mol. The number of rotatable bonds is 3. The smallest absolute Gasteiger partial charge is 0.251 e. The highest BCUT2D eigenvalue weighted by atomic mass is 16.1. The van der Waals surface area contributed by atoms with E-state index in [1.807, 2.05) is 18.2 Å². The first-order chi connectivity index (χ1) is 8.56. The summed E-state index contributed by atoms with van der Waals surface area (Å²) >= 11 is 0. The van der Waals surface area contributed by atoms with E-state index in [-0.39, 0.29) is 5.91 Å². The third-order valence-corrected chi connectivity index (χ3v) is 3.91. The number of aromatic nitrogens is 2. The molecule has 4 heteroatoms. The highest BCUT2D eigenvalue weighted by Gasteiger charge is 2.45. The number of benzene rings is 1. The standard InChI is InChI=1S/C14H17N3O/c1-14(2)6-10(14)7-15-13(18)9-3-4-11-12(5-9)17-8-16-11/h3-5,8,10H,6-7H2,1-2H3,(H,15,18)(H,16,17). The zero-order chi connectivity index (χ0) is 12.8. The van der Waals surface area contributed by atoms with Gasteiger partial charge in [0.2, 0.25) is 0 Å². The van der Waals surface area contributed by atoms with E-state index in [2.05, 4.69) is 29.1 Å². The Morgan fingerprint density at radius 3 is 3.06 bits per heavy atom. The van der Waals surface area contributed by atoms with Crippen molar-refractivity contribution >= 4 is 16.9 Å². The second-order valence-electron chi connectivity index (χ2n) is 5.73. The number of hydrogen-bond donors (Lipinski definition) is 2. The van der Waals surface area contributed by atoms with Crippen molar-refractivity contribution in [2.24, 2.45) is 11.3 Å². The van der Waals surface area contributed by atoms with Crippen LogP contribution in [-0.2, 0) is 0 Å². The van der Waals surface area contributed by atoms with Gasteiger partial charge in [0.05, 0.1) is 17.4 Å². The lowest BCUT2D eigenvalue weighted by Crippen LogP contribution is -2.26. The minimum Gasteiger partial charge on any atom is -0.352 e. The predicted octanol–water partition coefficient (Wildman–Crippen LogP) is 2.34. The number of fused-ring (bicyclic) bond motifs is 1. The lowest BCUT2D eigenvalue weighted by molar-refractivity contribution is 0.0950. The summed E-state index contributed by atoms with van der Waals surface area (Å²) in [6, 6.07) is 5.52. The minimum absolute atomic E-state index is 0.00537. The maximum atomic E-state index is 12.0. The van der Waals surface area contributed by atoms with Crippen LogP contribution in [-0.4, -0.2) is 22.4 Å². The number of nitrogens with one attached hydrogen (secondary N) is 2. The van der Waals surface area contributed by atoms with E-state index < -0.39 is 0 Å². The van der Waals surface area contributed by atoms with Gasteiger partial charge in [-0.3, -0.25) is 4.79 Å². The molecular weight excluding hydrogens is 226 g/mol. The van der Waals surface area contributed by atoms with Crippen molar-refractivity contribution in [3.63, 3.8) is 0 Å². The monoisotopic (exact) mass is 243 g/mol. The molecule has 0 spiro atoms. The lowest BCUT2D eigenvalue weighted by atomic mass is 10.1. The van der Waals surface area contributed by atoms with Crippen LogP contribution in [0.4, 0.5) is 0 Å². The maximum Gasteiger partial charge on any atom is 0.251 e. The highest BCUT2D eigenvalue weighted by molar-refractivity contribution is 5.97. The molecule has 3 rings (SSSR count). The molecule has 1 amide bonds. The van der Waals surface area contributed by atoms with Crippen LogP contribution in [0.5, 0.6) is 0 Å². The number of amides is 1. The summed E-state index contributed by atoms with van der Waals surface area (Å²) in [6.45, 7) is 5.24. The van der Waals surface area contributed by atoms with Crippen LogP contribution in [0.2, 0.25) is 0 Å². The van der Waals surface area contributed by atoms with Crippen molar-refractivity contribution < 1.29 is 4.79 Å². The van der Waals surface area contributed by atoms with E-state index in [1.165, 1.54) is 6.42 Å². The first-order valence-corrected chi connectivity index (χ1v) is 6.27. The largest absolute Gasteiger partial charge is 0.352 e. The average Bonchev–Trinajstić information content (AvgIpc) is 2.77. The molecule has 1 atom stereocenters. The Morgan fingerprint density at radius 2 is 2.33 bits per heavy atom. The molecule has 4 nitrogen and oxygen atoms in total. The Labute approximate surface area is 106 Å². The number of H-pyrrole nitrogens is 1. The van der Waals surface area contributed by atoms with Gasteiger partial charge in [0, 0.05) is 12.1 Å². The molecule has 1 fully saturated rings. The normalized spacial score (nSPS) is 20.9. The quantitative estimate of drug-likeness (QED) is 0.869. The Bertz CT molecular complexity index is 600. The van der Waals surface area contributed by atoms with Gasteiger partial charge >= 0.3 is 0 Å². The molecule has 1 aromatic heterocycles. The SMILES string of the molecule is CC1(C)CC1CNC(=O)c1ccc2nc[nH]c2c1. The van der Waals surface area contributed by atoms with Gasteiger partial charge in [0.25, 0.3) is 5.91 Å². The summed E-state index contributed by atoms with van der Waals surface area (Å²) in [4.78, 5) is 19.2. The van der Waals surface area contributed by atoms with Gasteiger partial charge in [-0.1, -0.05) is 13.8 Å². The van der Waals surface area contributed by atoms with Crippen LogP contribution < -0.4 is 5.32 Å². The molecular formula is C14H17N3O. The fourth-order valence-electron chi connectivity index (χ4n) is 2.32. The Morgan fingerprint density at radius 1 is 1.56 bits per heavy atom. The summed E-state index contributed by atoms with van der Waals surface area (Å²) in [5.41, 5.74) is 2.87. The fourth-order valence-corrected chi connectivity index (χ4v) is 2.32. The molecule has 0 saturated heterocycles. The molecule has 1 unspecified atom stereocenters. The molecule has 1 aliphatic rings. The van der Waals surface area contributed by atoms with Crippen LogP contribution in [0.25, 0.3) is 11.0 Å². The molecule has 2 aromatic rings. The Hall–Kier alpha value is -1.84. The van der Waals surface area contributed by atoms with E-state index in [1.54, 1.807) is 6.33 Å². The predicted molar refractivity (Wildman–Crippen MR) is 70.3 cm³/mol. The van der Waals surface area contributed by atoms with Crippen LogP contribution in [0, 0.1) is 11.3 Å². The van der Waals surface area contributed by atoms with E-state index >= 15 is 0 Å². The first-order valence-electron chi connectivity index (χ1n) is 6.27. The van der Waals surface area contributed by atoms with E-state index in [9.17, 15) is 4.79 Å². The van der Waals surface area contributed by atoms with Crippen molar-refractivity contribution in [1.29, 1.82) is 0 Å². The number of carbonyl (C=O) groups excluding carboxylic acids is 1. The number of aromatic amines is 1. The summed E-state index contributed by atoms with van der Waals surface area (Å²) in [5, 5.41) is 3.00. The van der Waals surface area contributed by atoms with Gasteiger partial charge in [-0.15, -0.1) is 0 Å². The summed E-state index contributed by atoms with van der Waals surface area (Å²) < 4.78 is 0. The van der Waals surface area contributed by atoms with Crippen molar-refractivity contribution in [2.45, 2.75) is 20.3 Å². The van der Waals surface area contributed by atoms with Crippen LogP contribution in [0.3, 0.4) is 0 Å². The lowest BCUT2D eigenvalue weighted by Gasteiger charge is -2.06. The summed E-state index contributed by atoms with van der Waals surface area (Å²) in [5.74, 6) is 0.617. The van der Waals surface area contributed by atoms with Gasteiger partial charge < -0.3 is 10.3 Å². The topological polar surface area (TPSA) is 57.8 Å². The van der Waals surface area contributed by atoms with E-state index in [0.29, 0.717) is 16.9 Å². The summed E-state index contributed by atoms with van der Waals surface area (Å²) in [7, 11) is 0. The van der Waals surface area contributed by atoms with Crippen molar-refractivity contribution in [3.8, 4) is 0 Å².